The Labute approximate surface area is 58.8 Å². The van der Waals surface area contributed by atoms with Gasteiger partial charge < -0.3 is 9.84 Å². The molecule has 5 nitrogen and oxygen atoms in total. The van der Waals surface area contributed by atoms with Crippen molar-refractivity contribution in [3.8, 4) is 0 Å². The fourth-order valence-corrected chi connectivity index (χ4v) is 1.71. The van der Waals surface area contributed by atoms with Crippen LogP contribution in [0, 0.1) is 0 Å². The van der Waals surface area contributed by atoms with E-state index in [1.165, 1.54) is 0 Å². The number of hydrogen-bond donors (Lipinski definition) is 2. The van der Waals surface area contributed by atoms with Crippen molar-refractivity contribution in [2.24, 2.45) is 5.14 Å². The fourth-order valence-electron chi connectivity index (χ4n) is 0.796. The van der Waals surface area contributed by atoms with Gasteiger partial charge in [-0.2, -0.15) is 0 Å². The number of rotatable bonds is 2. The standard InChI is InChI=1S/C4H9NO4S/c5-10(7,8)3-4(6)1-9-2-4/h6H,1-3H2,(H2,5,7,8). The van der Waals surface area contributed by atoms with Crippen molar-refractivity contribution in [3.63, 3.8) is 0 Å². The number of aliphatic hydroxyl groups is 1. The lowest BCUT2D eigenvalue weighted by atomic mass is 10.1. The third-order valence-corrected chi connectivity index (χ3v) is 2.15. The maximum atomic E-state index is 10.4. The topological polar surface area (TPSA) is 89.6 Å². The van der Waals surface area contributed by atoms with Gasteiger partial charge in [-0.1, -0.05) is 0 Å². The number of primary sulfonamides is 1. The molecule has 0 aromatic heterocycles. The van der Waals surface area contributed by atoms with E-state index in [0.29, 0.717) is 0 Å². The van der Waals surface area contributed by atoms with Gasteiger partial charge >= 0.3 is 0 Å². The molecule has 0 spiro atoms. The Morgan fingerprint density at radius 2 is 2.10 bits per heavy atom. The summed E-state index contributed by atoms with van der Waals surface area (Å²) in [6.45, 7) is 0.118. The summed E-state index contributed by atoms with van der Waals surface area (Å²) < 4.78 is 25.4. The molecular weight excluding hydrogens is 158 g/mol. The Bertz CT molecular complexity index is 217. The van der Waals surface area contributed by atoms with Crippen molar-refractivity contribution in [1.29, 1.82) is 0 Å². The molecule has 1 saturated heterocycles. The Kier molecular flexibility index (Phi) is 1.71. The van der Waals surface area contributed by atoms with Gasteiger partial charge in [-0.15, -0.1) is 0 Å². The zero-order valence-electron chi connectivity index (χ0n) is 5.28. The summed E-state index contributed by atoms with van der Waals surface area (Å²) in [5.74, 6) is -0.417. The van der Waals surface area contributed by atoms with E-state index in [-0.39, 0.29) is 13.2 Å². The molecule has 0 radical (unpaired) electrons. The van der Waals surface area contributed by atoms with Gasteiger partial charge in [-0.25, -0.2) is 13.6 Å². The van der Waals surface area contributed by atoms with Crippen molar-refractivity contribution < 1.29 is 18.3 Å². The molecule has 0 atom stereocenters. The highest BCUT2D eigenvalue weighted by Crippen LogP contribution is 2.17. The number of sulfonamides is 1. The van der Waals surface area contributed by atoms with Gasteiger partial charge in [-0.05, 0) is 0 Å². The minimum absolute atomic E-state index is 0.0590. The van der Waals surface area contributed by atoms with Crippen molar-refractivity contribution in [2.45, 2.75) is 5.60 Å². The maximum absolute atomic E-state index is 10.4. The second-order valence-corrected chi connectivity index (χ2v) is 4.14. The maximum Gasteiger partial charge on any atom is 0.212 e. The summed E-state index contributed by atoms with van der Waals surface area (Å²) >= 11 is 0. The fraction of sp³-hybridized carbons (Fsp3) is 1.00. The highest BCUT2D eigenvalue weighted by atomic mass is 32.2. The first-order valence-electron chi connectivity index (χ1n) is 2.72. The molecule has 1 fully saturated rings. The van der Waals surface area contributed by atoms with Crippen LogP contribution in [0.2, 0.25) is 0 Å². The van der Waals surface area contributed by atoms with Crippen LogP contribution >= 0.6 is 0 Å². The van der Waals surface area contributed by atoms with Gasteiger partial charge in [0.25, 0.3) is 0 Å². The van der Waals surface area contributed by atoms with Crippen LogP contribution < -0.4 is 5.14 Å². The van der Waals surface area contributed by atoms with E-state index < -0.39 is 21.4 Å². The molecular formula is C4H9NO4S. The van der Waals surface area contributed by atoms with Crippen LogP contribution in [0.1, 0.15) is 0 Å². The largest absolute Gasteiger partial charge is 0.384 e. The lowest BCUT2D eigenvalue weighted by Gasteiger charge is -2.35. The van der Waals surface area contributed by atoms with E-state index in [1.807, 2.05) is 0 Å². The van der Waals surface area contributed by atoms with Gasteiger partial charge in [0.2, 0.25) is 10.0 Å². The molecule has 3 N–H and O–H groups in total. The van der Waals surface area contributed by atoms with Gasteiger partial charge in [0.05, 0.1) is 19.0 Å². The average Bonchev–Trinajstić information content (AvgIpc) is 1.57. The summed E-state index contributed by atoms with van der Waals surface area (Å²) in [4.78, 5) is 0. The smallest absolute Gasteiger partial charge is 0.212 e. The molecule has 0 bridgehead atoms. The minimum Gasteiger partial charge on any atom is -0.384 e. The highest BCUT2D eigenvalue weighted by Gasteiger charge is 2.39. The van der Waals surface area contributed by atoms with E-state index in [9.17, 15) is 8.42 Å². The molecule has 1 rings (SSSR count). The average molecular weight is 167 g/mol. The Balaban J connectivity index is 2.53. The van der Waals surface area contributed by atoms with E-state index in [2.05, 4.69) is 9.88 Å². The lowest BCUT2D eigenvalue weighted by molar-refractivity contribution is -0.163. The summed E-state index contributed by atoms with van der Waals surface area (Å²) in [5, 5.41) is 13.8. The Morgan fingerprint density at radius 1 is 1.60 bits per heavy atom. The SMILES string of the molecule is NS(=O)(=O)CC1(O)COC1. The van der Waals surface area contributed by atoms with Crippen LogP contribution in [0.4, 0.5) is 0 Å². The summed E-state index contributed by atoms with van der Waals surface area (Å²) in [7, 11) is -3.57. The van der Waals surface area contributed by atoms with E-state index in [4.69, 9.17) is 5.11 Å². The van der Waals surface area contributed by atoms with Crippen molar-refractivity contribution >= 4 is 10.0 Å². The number of ether oxygens (including phenoxy) is 1. The normalized spacial score (nSPS) is 23.8. The van der Waals surface area contributed by atoms with Crippen LogP contribution in [-0.2, 0) is 14.8 Å². The van der Waals surface area contributed by atoms with Crippen LogP contribution in [-0.4, -0.2) is 38.1 Å². The second kappa shape index (κ2) is 2.16. The lowest BCUT2D eigenvalue weighted by Crippen LogP contribution is -2.55. The van der Waals surface area contributed by atoms with Gasteiger partial charge in [-0.3, -0.25) is 0 Å². The molecule has 0 aromatic rings. The summed E-state index contributed by atoms with van der Waals surface area (Å²) in [6, 6.07) is 0. The van der Waals surface area contributed by atoms with Gasteiger partial charge in [0, 0.05) is 0 Å². The zero-order valence-corrected chi connectivity index (χ0v) is 6.10. The van der Waals surface area contributed by atoms with Gasteiger partial charge in [0.1, 0.15) is 5.60 Å². The Hall–Kier alpha value is -0.170. The number of nitrogens with two attached hydrogens (primary N) is 1. The van der Waals surface area contributed by atoms with E-state index in [1.54, 1.807) is 0 Å². The first-order valence-corrected chi connectivity index (χ1v) is 4.43. The van der Waals surface area contributed by atoms with Crippen LogP contribution in [0.15, 0.2) is 0 Å². The first kappa shape index (κ1) is 7.93. The molecule has 0 aromatic carbocycles. The van der Waals surface area contributed by atoms with Crippen molar-refractivity contribution in [1.82, 2.24) is 0 Å². The van der Waals surface area contributed by atoms with Crippen molar-refractivity contribution in [3.05, 3.63) is 0 Å². The molecule has 0 saturated carbocycles. The highest BCUT2D eigenvalue weighted by molar-refractivity contribution is 7.89. The Morgan fingerprint density at radius 3 is 2.20 bits per heavy atom. The molecule has 0 aliphatic carbocycles. The van der Waals surface area contributed by atoms with E-state index in [0.717, 1.165) is 0 Å². The molecule has 6 heteroatoms. The molecule has 0 amide bonds. The predicted molar refractivity (Wildman–Crippen MR) is 33.7 cm³/mol. The zero-order chi connectivity index (χ0) is 7.83. The van der Waals surface area contributed by atoms with Crippen LogP contribution in [0.5, 0.6) is 0 Å². The van der Waals surface area contributed by atoms with Gasteiger partial charge in [0.15, 0.2) is 0 Å². The summed E-state index contributed by atoms with van der Waals surface area (Å²) in [5.41, 5.74) is -1.23. The quantitative estimate of drug-likeness (QED) is 0.499. The minimum atomic E-state index is -3.57. The molecule has 10 heavy (non-hydrogen) atoms. The third kappa shape index (κ3) is 1.91. The third-order valence-electron chi connectivity index (χ3n) is 1.21. The van der Waals surface area contributed by atoms with Crippen LogP contribution in [0.3, 0.4) is 0 Å². The summed E-state index contributed by atoms with van der Waals surface area (Å²) in [6.07, 6.45) is 0. The first-order chi connectivity index (χ1) is 4.41. The van der Waals surface area contributed by atoms with E-state index >= 15 is 0 Å². The molecule has 0 unspecified atom stereocenters. The van der Waals surface area contributed by atoms with Crippen molar-refractivity contribution in [2.75, 3.05) is 19.0 Å². The van der Waals surface area contributed by atoms with Crippen LogP contribution in [0.25, 0.3) is 0 Å². The molecule has 1 aliphatic rings. The molecule has 1 heterocycles. The monoisotopic (exact) mass is 167 g/mol. The second-order valence-electron chi connectivity index (χ2n) is 2.52. The molecule has 60 valence electrons. The number of hydrogen-bond acceptors (Lipinski definition) is 4. The predicted octanol–water partition coefficient (Wildman–Crippen LogP) is -1.96. The molecule has 1 aliphatic heterocycles.